The van der Waals surface area contributed by atoms with Gasteiger partial charge in [0.15, 0.2) is 0 Å². The first kappa shape index (κ1) is 11.4. The molecule has 0 saturated heterocycles. The molecule has 2 heterocycles. The van der Waals surface area contributed by atoms with E-state index >= 15 is 0 Å². The van der Waals surface area contributed by atoms with Crippen molar-refractivity contribution in [2.45, 2.75) is 39.2 Å². The molecule has 0 unspecified atom stereocenters. The van der Waals surface area contributed by atoms with Crippen molar-refractivity contribution in [1.82, 2.24) is 14.5 Å². The molecular formula is C14H17N3O. The second kappa shape index (κ2) is 4.53. The van der Waals surface area contributed by atoms with Gasteiger partial charge in [0.05, 0.1) is 12.3 Å². The number of aromatic nitrogens is 3. The number of aliphatic hydroxyl groups is 1. The van der Waals surface area contributed by atoms with Gasteiger partial charge in [0, 0.05) is 11.9 Å². The van der Waals surface area contributed by atoms with Crippen molar-refractivity contribution in [3.05, 3.63) is 41.1 Å². The number of imidazole rings is 1. The van der Waals surface area contributed by atoms with Crippen molar-refractivity contribution in [1.29, 1.82) is 0 Å². The van der Waals surface area contributed by atoms with Crippen LogP contribution in [0, 0.1) is 6.92 Å². The van der Waals surface area contributed by atoms with Crippen LogP contribution in [-0.4, -0.2) is 19.6 Å². The first-order valence-electron chi connectivity index (χ1n) is 6.41. The van der Waals surface area contributed by atoms with Gasteiger partial charge in [-0.2, -0.15) is 0 Å². The third kappa shape index (κ3) is 1.82. The fraction of sp³-hybridized carbons (Fsp3) is 0.429. The summed E-state index contributed by atoms with van der Waals surface area (Å²) in [5.74, 6) is 0.933. The average molecular weight is 243 g/mol. The zero-order valence-corrected chi connectivity index (χ0v) is 10.6. The van der Waals surface area contributed by atoms with Crippen LogP contribution >= 0.6 is 0 Å². The SMILES string of the molecule is Cc1cc(CO)cnc1-n1cnc2c1CCCC2. The number of hydrogen-bond donors (Lipinski definition) is 1. The van der Waals surface area contributed by atoms with E-state index in [4.69, 9.17) is 5.11 Å². The standard InChI is InChI=1S/C14H17N3O/c1-10-6-11(8-18)7-15-14(10)17-9-16-12-4-2-3-5-13(12)17/h6-7,9,18H,2-5,8H2,1H3. The van der Waals surface area contributed by atoms with Crippen molar-refractivity contribution >= 4 is 0 Å². The Morgan fingerprint density at radius 1 is 1.28 bits per heavy atom. The Hall–Kier alpha value is -1.68. The topological polar surface area (TPSA) is 50.9 Å². The van der Waals surface area contributed by atoms with Gasteiger partial charge in [-0.05, 0) is 49.8 Å². The number of aryl methyl sites for hydroxylation is 2. The Morgan fingerprint density at radius 2 is 2.11 bits per heavy atom. The maximum atomic E-state index is 9.12. The number of aliphatic hydroxyl groups excluding tert-OH is 1. The van der Waals surface area contributed by atoms with E-state index in [-0.39, 0.29) is 6.61 Å². The van der Waals surface area contributed by atoms with E-state index in [1.807, 2.05) is 19.3 Å². The van der Waals surface area contributed by atoms with Gasteiger partial charge in [-0.15, -0.1) is 0 Å². The van der Waals surface area contributed by atoms with Crippen molar-refractivity contribution in [2.75, 3.05) is 0 Å². The summed E-state index contributed by atoms with van der Waals surface area (Å²) in [6, 6.07) is 1.98. The average Bonchev–Trinajstić information content (AvgIpc) is 2.82. The summed E-state index contributed by atoms with van der Waals surface area (Å²) in [5, 5.41) is 9.12. The van der Waals surface area contributed by atoms with E-state index in [9.17, 15) is 0 Å². The molecule has 0 aromatic carbocycles. The van der Waals surface area contributed by atoms with Gasteiger partial charge in [-0.3, -0.25) is 4.57 Å². The first-order valence-corrected chi connectivity index (χ1v) is 6.41. The molecular weight excluding hydrogens is 226 g/mol. The Bertz CT molecular complexity index is 574. The molecule has 4 nitrogen and oxygen atoms in total. The highest BCUT2D eigenvalue weighted by molar-refractivity contribution is 5.38. The minimum atomic E-state index is 0.0379. The zero-order valence-electron chi connectivity index (χ0n) is 10.6. The molecule has 3 rings (SSSR count). The summed E-state index contributed by atoms with van der Waals surface area (Å²) >= 11 is 0. The monoisotopic (exact) mass is 243 g/mol. The molecule has 94 valence electrons. The van der Waals surface area contributed by atoms with Crippen LogP contribution in [0.1, 0.15) is 35.4 Å². The quantitative estimate of drug-likeness (QED) is 0.877. The van der Waals surface area contributed by atoms with Gasteiger partial charge >= 0.3 is 0 Å². The number of fused-ring (bicyclic) bond motifs is 1. The molecule has 0 radical (unpaired) electrons. The highest BCUT2D eigenvalue weighted by Crippen LogP contribution is 2.23. The number of pyridine rings is 1. The number of hydrogen-bond acceptors (Lipinski definition) is 3. The van der Waals surface area contributed by atoms with E-state index in [0.717, 1.165) is 29.8 Å². The predicted octanol–water partition coefficient (Wildman–Crippen LogP) is 1.95. The Kier molecular flexibility index (Phi) is 2.88. The highest BCUT2D eigenvalue weighted by Gasteiger charge is 2.17. The third-order valence-corrected chi connectivity index (χ3v) is 3.55. The second-order valence-electron chi connectivity index (χ2n) is 4.86. The lowest BCUT2D eigenvalue weighted by molar-refractivity contribution is 0.281. The van der Waals surface area contributed by atoms with E-state index in [1.54, 1.807) is 6.20 Å². The lowest BCUT2D eigenvalue weighted by atomic mass is 10.0. The van der Waals surface area contributed by atoms with Crippen LogP contribution in [0.3, 0.4) is 0 Å². The molecule has 1 aliphatic carbocycles. The van der Waals surface area contributed by atoms with E-state index < -0.39 is 0 Å². The molecule has 0 bridgehead atoms. The van der Waals surface area contributed by atoms with Gasteiger partial charge < -0.3 is 5.11 Å². The Morgan fingerprint density at radius 3 is 2.89 bits per heavy atom. The molecule has 18 heavy (non-hydrogen) atoms. The van der Waals surface area contributed by atoms with Crippen LogP contribution in [0.15, 0.2) is 18.6 Å². The fourth-order valence-corrected chi connectivity index (χ4v) is 2.62. The number of rotatable bonds is 2. The summed E-state index contributed by atoms with van der Waals surface area (Å²) < 4.78 is 2.10. The van der Waals surface area contributed by atoms with Gasteiger partial charge in [0.1, 0.15) is 12.1 Å². The zero-order chi connectivity index (χ0) is 12.5. The largest absolute Gasteiger partial charge is 0.392 e. The van der Waals surface area contributed by atoms with E-state index in [0.29, 0.717) is 0 Å². The molecule has 0 amide bonds. The Balaban J connectivity index is 2.07. The van der Waals surface area contributed by atoms with Gasteiger partial charge in [0.2, 0.25) is 0 Å². The molecule has 0 saturated carbocycles. The molecule has 4 heteroatoms. The third-order valence-electron chi connectivity index (χ3n) is 3.55. The van der Waals surface area contributed by atoms with E-state index in [1.165, 1.54) is 24.2 Å². The van der Waals surface area contributed by atoms with Crippen LogP contribution < -0.4 is 0 Å². The number of nitrogens with zero attached hydrogens (tertiary/aromatic N) is 3. The first-order chi connectivity index (χ1) is 8.79. The molecule has 1 N–H and O–H groups in total. The van der Waals surface area contributed by atoms with Crippen LogP contribution in [0.4, 0.5) is 0 Å². The van der Waals surface area contributed by atoms with E-state index in [2.05, 4.69) is 14.5 Å². The summed E-state index contributed by atoms with van der Waals surface area (Å²) in [7, 11) is 0. The highest BCUT2D eigenvalue weighted by atomic mass is 16.3. The molecule has 2 aromatic heterocycles. The maximum Gasteiger partial charge on any atom is 0.140 e. The fourth-order valence-electron chi connectivity index (χ4n) is 2.62. The summed E-state index contributed by atoms with van der Waals surface area (Å²) in [6.45, 7) is 2.06. The van der Waals surface area contributed by atoms with Crippen molar-refractivity contribution < 1.29 is 5.11 Å². The molecule has 0 aliphatic heterocycles. The normalized spacial score (nSPS) is 14.6. The molecule has 1 aliphatic rings. The predicted molar refractivity (Wildman–Crippen MR) is 68.7 cm³/mol. The molecule has 0 spiro atoms. The smallest absolute Gasteiger partial charge is 0.140 e. The lowest BCUT2D eigenvalue weighted by Crippen LogP contribution is -2.09. The summed E-state index contributed by atoms with van der Waals surface area (Å²) in [5.41, 5.74) is 4.44. The van der Waals surface area contributed by atoms with Crippen LogP contribution in [0.5, 0.6) is 0 Å². The van der Waals surface area contributed by atoms with Gasteiger partial charge in [-0.25, -0.2) is 9.97 Å². The van der Waals surface area contributed by atoms with Crippen LogP contribution in [0.2, 0.25) is 0 Å². The molecule has 2 aromatic rings. The van der Waals surface area contributed by atoms with Crippen LogP contribution in [-0.2, 0) is 19.4 Å². The van der Waals surface area contributed by atoms with Gasteiger partial charge in [-0.1, -0.05) is 0 Å². The molecule has 0 fully saturated rings. The van der Waals surface area contributed by atoms with Gasteiger partial charge in [0.25, 0.3) is 0 Å². The van der Waals surface area contributed by atoms with Crippen molar-refractivity contribution in [2.24, 2.45) is 0 Å². The van der Waals surface area contributed by atoms with Crippen molar-refractivity contribution in [3.8, 4) is 5.82 Å². The van der Waals surface area contributed by atoms with Crippen LogP contribution in [0.25, 0.3) is 5.82 Å². The lowest BCUT2D eigenvalue weighted by Gasteiger charge is -2.15. The Labute approximate surface area is 106 Å². The second-order valence-corrected chi connectivity index (χ2v) is 4.86. The minimum Gasteiger partial charge on any atom is -0.392 e. The minimum absolute atomic E-state index is 0.0379. The van der Waals surface area contributed by atoms with Crippen molar-refractivity contribution in [3.63, 3.8) is 0 Å². The molecule has 0 atom stereocenters. The summed E-state index contributed by atoms with van der Waals surface area (Å²) in [4.78, 5) is 8.95. The summed E-state index contributed by atoms with van der Waals surface area (Å²) in [6.07, 6.45) is 8.24. The maximum absolute atomic E-state index is 9.12.